The van der Waals surface area contributed by atoms with Crippen molar-refractivity contribution < 1.29 is 9.53 Å². The van der Waals surface area contributed by atoms with Crippen molar-refractivity contribution in [3.8, 4) is 5.75 Å². The second kappa shape index (κ2) is 6.94. The summed E-state index contributed by atoms with van der Waals surface area (Å²) in [6.07, 6.45) is 2.05. The lowest BCUT2D eigenvalue weighted by Gasteiger charge is -2.30. The summed E-state index contributed by atoms with van der Waals surface area (Å²) in [5.41, 5.74) is 6.96. The molecule has 0 radical (unpaired) electrons. The van der Waals surface area contributed by atoms with Crippen molar-refractivity contribution in [3.63, 3.8) is 0 Å². The van der Waals surface area contributed by atoms with Crippen LogP contribution in [-0.2, 0) is 4.79 Å². The Balaban J connectivity index is 2.21. The number of hydrogen-bond acceptors (Lipinski definition) is 3. The molecule has 1 aliphatic rings. The maximum Gasteiger partial charge on any atom is 0.227 e. The van der Waals surface area contributed by atoms with E-state index in [2.05, 4.69) is 19.9 Å². The van der Waals surface area contributed by atoms with Crippen molar-refractivity contribution in [2.75, 3.05) is 20.2 Å². The fourth-order valence-corrected chi connectivity index (χ4v) is 3.10. The molecule has 1 saturated heterocycles. The first-order valence-electron chi connectivity index (χ1n) is 7.73. The Bertz CT molecular complexity index is 487. The molecule has 0 saturated carbocycles. The van der Waals surface area contributed by atoms with Crippen LogP contribution in [0.2, 0.25) is 0 Å². The van der Waals surface area contributed by atoms with Crippen LogP contribution >= 0.6 is 0 Å². The van der Waals surface area contributed by atoms with E-state index in [1.807, 2.05) is 23.1 Å². The molecule has 4 heteroatoms. The van der Waals surface area contributed by atoms with Crippen LogP contribution in [0.15, 0.2) is 24.3 Å². The summed E-state index contributed by atoms with van der Waals surface area (Å²) in [6, 6.07) is 8.18. The Hall–Kier alpha value is -1.55. The molecule has 21 heavy (non-hydrogen) atoms. The lowest BCUT2D eigenvalue weighted by atomic mass is 9.93. The van der Waals surface area contributed by atoms with Gasteiger partial charge in [-0.25, -0.2) is 0 Å². The van der Waals surface area contributed by atoms with Crippen molar-refractivity contribution in [1.29, 1.82) is 0 Å². The van der Waals surface area contributed by atoms with Gasteiger partial charge >= 0.3 is 0 Å². The van der Waals surface area contributed by atoms with E-state index in [4.69, 9.17) is 10.5 Å². The van der Waals surface area contributed by atoms with Crippen LogP contribution in [0.5, 0.6) is 5.75 Å². The average molecular weight is 290 g/mol. The van der Waals surface area contributed by atoms with Gasteiger partial charge in [-0.15, -0.1) is 0 Å². The standard InChI is InChI=1S/C17H26N2O2/c1-12(2)15(11-18)17(20)19-9-5-8-16(19)13-6-4-7-14(10-13)21-3/h4,6-7,10,12,15-16H,5,8-9,11,18H2,1-3H3. The number of likely N-dealkylation sites (tertiary alicyclic amines) is 1. The second-order valence-electron chi connectivity index (χ2n) is 6.05. The minimum absolute atomic E-state index is 0.0868. The van der Waals surface area contributed by atoms with Crippen molar-refractivity contribution >= 4 is 5.91 Å². The third kappa shape index (κ3) is 3.38. The van der Waals surface area contributed by atoms with Gasteiger partial charge in [0.25, 0.3) is 0 Å². The van der Waals surface area contributed by atoms with Gasteiger partial charge in [0.15, 0.2) is 0 Å². The molecule has 116 valence electrons. The fourth-order valence-electron chi connectivity index (χ4n) is 3.10. The molecule has 1 fully saturated rings. The number of carbonyl (C=O) groups is 1. The summed E-state index contributed by atoms with van der Waals surface area (Å²) in [4.78, 5) is 14.8. The topological polar surface area (TPSA) is 55.6 Å². The molecular weight excluding hydrogens is 264 g/mol. The van der Waals surface area contributed by atoms with Crippen LogP contribution in [0.25, 0.3) is 0 Å². The number of carbonyl (C=O) groups excluding carboxylic acids is 1. The van der Waals surface area contributed by atoms with Gasteiger partial charge < -0.3 is 15.4 Å². The molecule has 2 N–H and O–H groups in total. The van der Waals surface area contributed by atoms with Gasteiger partial charge in [-0.05, 0) is 36.5 Å². The molecule has 1 aliphatic heterocycles. The van der Waals surface area contributed by atoms with Crippen LogP contribution in [0.1, 0.15) is 38.3 Å². The molecule has 1 amide bonds. The number of benzene rings is 1. The highest BCUT2D eigenvalue weighted by Gasteiger charge is 2.34. The lowest BCUT2D eigenvalue weighted by Crippen LogP contribution is -2.41. The predicted octanol–water partition coefficient (Wildman–Crippen LogP) is 2.59. The van der Waals surface area contributed by atoms with Gasteiger partial charge in [-0.1, -0.05) is 26.0 Å². The van der Waals surface area contributed by atoms with Crippen LogP contribution in [0.3, 0.4) is 0 Å². The van der Waals surface area contributed by atoms with Crippen molar-refractivity contribution in [3.05, 3.63) is 29.8 Å². The maximum atomic E-state index is 12.8. The Morgan fingerprint density at radius 2 is 2.24 bits per heavy atom. The van der Waals surface area contributed by atoms with E-state index < -0.39 is 0 Å². The molecule has 2 atom stereocenters. The minimum atomic E-state index is -0.0868. The molecule has 0 spiro atoms. The molecule has 1 aromatic rings. The first-order chi connectivity index (χ1) is 10.1. The number of methoxy groups -OCH3 is 1. The normalized spacial score (nSPS) is 19.9. The Morgan fingerprint density at radius 3 is 2.86 bits per heavy atom. The van der Waals surface area contributed by atoms with Crippen molar-refractivity contribution in [1.82, 2.24) is 4.90 Å². The van der Waals surface area contributed by atoms with Crippen LogP contribution in [0, 0.1) is 11.8 Å². The van der Waals surface area contributed by atoms with E-state index in [9.17, 15) is 4.79 Å². The maximum absolute atomic E-state index is 12.8. The van der Waals surface area contributed by atoms with E-state index in [0.29, 0.717) is 6.54 Å². The number of nitrogens with two attached hydrogens (primary N) is 1. The monoisotopic (exact) mass is 290 g/mol. The van der Waals surface area contributed by atoms with E-state index in [0.717, 1.165) is 30.7 Å². The van der Waals surface area contributed by atoms with E-state index in [-0.39, 0.29) is 23.8 Å². The van der Waals surface area contributed by atoms with Gasteiger partial charge in [-0.3, -0.25) is 4.79 Å². The summed E-state index contributed by atoms with van der Waals surface area (Å²) in [6.45, 7) is 5.36. The van der Waals surface area contributed by atoms with E-state index >= 15 is 0 Å². The first-order valence-corrected chi connectivity index (χ1v) is 7.73. The molecule has 0 aliphatic carbocycles. The van der Waals surface area contributed by atoms with Crippen LogP contribution in [0.4, 0.5) is 0 Å². The molecule has 2 unspecified atom stereocenters. The molecule has 4 nitrogen and oxygen atoms in total. The van der Waals surface area contributed by atoms with Gasteiger partial charge in [-0.2, -0.15) is 0 Å². The Morgan fingerprint density at radius 1 is 1.48 bits per heavy atom. The summed E-state index contributed by atoms with van der Waals surface area (Å²) in [5.74, 6) is 1.22. The molecule has 1 aromatic carbocycles. The summed E-state index contributed by atoms with van der Waals surface area (Å²) in [5, 5.41) is 0. The molecule has 1 heterocycles. The summed E-state index contributed by atoms with van der Waals surface area (Å²) >= 11 is 0. The highest BCUT2D eigenvalue weighted by atomic mass is 16.5. The zero-order chi connectivity index (χ0) is 15.4. The number of ether oxygens (including phenoxy) is 1. The molecule has 0 bridgehead atoms. The molecule has 2 rings (SSSR count). The Kier molecular flexibility index (Phi) is 5.23. The van der Waals surface area contributed by atoms with Gasteiger partial charge in [0.2, 0.25) is 5.91 Å². The highest BCUT2D eigenvalue weighted by molar-refractivity contribution is 5.80. The molecule has 0 aromatic heterocycles. The number of amides is 1. The van der Waals surface area contributed by atoms with Crippen LogP contribution < -0.4 is 10.5 Å². The van der Waals surface area contributed by atoms with Crippen molar-refractivity contribution in [2.45, 2.75) is 32.7 Å². The first kappa shape index (κ1) is 15.8. The number of nitrogens with zero attached hydrogens (tertiary/aromatic N) is 1. The van der Waals surface area contributed by atoms with E-state index in [1.165, 1.54) is 0 Å². The zero-order valence-electron chi connectivity index (χ0n) is 13.2. The van der Waals surface area contributed by atoms with Crippen LogP contribution in [-0.4, -0.2) is 31.0 Å². The van der Waals surface area contributed by atoms with Gasteiger partial charge in [0, 0.05) is 13.1 Å². The third-order valence-corrected chi connectivity index (χ3v) is 4.39. The van der Waals surface area contributed by atoms with Crippen molar-refractivity contribution in [2.24, 2.45) is 17.6 Å². The fraction of sp³-hybridized carbons (Fsp3) is 0.588. The quantitative estimate of drug-likeness (QED) is 0.907. The lowest BCUT2D eigenvalue weighted by molar-refractivity contribution is -0.137. The molecular formula is C17H26N2O2. The predicted molar refractivity (Wildman–Crippen MR) is 84.1 cm³/mol. The van der Waals surface area contributed by atoms with E-state index in [1.54, 1.807) is 7.11 Å². The largest absolute Gasteiger partial charge is 0.497 e. The second-order valence-corrected chi connectivity index (χ2v) is 6.05. The number of hydrogen-bond donors (Lipinski definition) is 1. The smallest absolute Gasteiger partial charge is 0.227 e. The minimum Gasteiger partial charge on any atom is -0.497 e. The third-order valence-electron chi connectivity index (χ3n) is 4.39. The summed E-state index contributed by atoms with van der Waals surface area (Å²) in [7, 11) is 1.67. The van der Waals surface area contributed by atoms with Gasteiger partial charge in [0.05, 0.1) is 19.1 Å². The summed E-state index contributed by atoms with van der Waals surface area (Å²) < 4.78 is 5.29. The average Bonchev–Trinajstić information content (AvgIpc) is 2.97. The number of rotatable bonds is 5. The van der Waals surface area contributed by atoms with Gasteiger partial charge in [0.1, 0.15) is 5.75 Å². The Labute approximate surface area is 127 Å². The highest BCUT2D eigenvalue weighted by Crippen LogP contribution is 2.35. The SMILES string of the molecule is COc1cccc(C2CCCN2C(=O)C(CN)C(C)C)c1. The zero-order valence-corrected chi connectivity index (χ0v) is 13.2.